The van der Waals surface area contributed by atoms with E-state index in [0.29, 0.717) is 67.8 Å². The molecule has 4 saturated heterocycles. The minimum atomic E-state index is -3.35. The molecule has 47 heavy (non-hydrogen) atoms. The number of hydrogen-bond acceptors (Lipinski definition) is 9. The van der Waals surface area contributed by atoms with Gasteiger partial charge >= 0.3 is 6.01 Å². The Balaban J connectivity index is 1.21. The number of fused-ring (bicyclic) bond motifs is 3. The van der Waals surface area contributed by atoms with Gasteiger partial charge in [-0.25, -0.2) is 17.2 Å². The number of halogens is 2. The third-order valence-electron chi connectivity index (χ3n) is 10.8. The Hall–Kier alpha value is -3.61. The average Bonchev–Trinajstić information content (AvgIpc) is 3.68. The van der Waals surface area contributed by atoms with Crippen LogP contribution < -0.4 is 9.64 Å². The molecule has 4 fully saturated rings. The van der Waals surface area contributed by atoms with Crippen molar-refractivity contribution < 1.29 is 31.8 Å². The van der Waals surface area contributed by atoms with Gasteiger partial charge in [0.25, 0.3) is 0 Å². The molecular formula is C35H38F2N4O5S. The lowest BCUT2D eigenvalue weighted by atomic mass is 9.92. The molecule has 0 amide bonds. The third-order valence-corrected chi connectivity index (χ3v) is 13.2. The molecule has 3 aromatic carbocycles. The fourth-order valence-corrected chi connectivity index (χ4v) is 10.2. The van der Waals surface area contributed by atoms with Crippen molar-refractivity contribution in [2.24, 2.45) is 0 Å². The third kappa shape index (κ3) is 5.02. The van der Waals surface area contributed by atoms with E-state index in [0.717, 1.165) is 41.1 Å². The summed E-state index contributed by atoms with van der Waals surface area (Å²) in [4.78, 5) is 12.8. The van der Waals surface area contributed by atoms with Crippen LogP contribution in [0.25, 0.3) is 32.8 Å². The number of alkyl halides is 1. The van der Waals surface area contributed by atoms with Crippen LogP contribution in [-0.2, 0) is 21.0 Å². The summed E-state index contributed by atoms with van der Waals surface area (Å²) in [5.74, 6) is 0.434. The van der Waals surface area contributed by atoms with Crippen LogP contribution in [0, 0.1) is 5.82 Å². The van der Waals surface area contributed by atoms with Crippen molar-refractivity contribution in [3.8, 4) is 22.9 Å². The topological polar surface area (TPSA) is 105 Å². The number of aromatic nitrogens is 2. The van der Waals surface area contributed by atoms with Crippen molar-refractivity contribution in [1.29, 1.82) is 0 Å². The van der Waals surface area contributed by atoms with Crippen LogP contribution in [0.2, 0.25) is 0 Å². The Morgan fingerprint density at radius 1 is 1.09 bits per heavy atom. The summed E-state index contributed by atoms with van der Waals surface area (Å²) in [6.07, 6.45) is 2.49. The highest BCUT2D eigenvalue weighted by atomic mass is 32.2. The molecular weight excluding hydrogens is 626 g/mol. The normalized spacial score (nSPS) is 25.3. The molecule has 12 heteroatoms. The van der Waals surface area contributed by atoms with Gasteiger partial charge in [0.05, 0.1) is 23.4 Å². The first-order chi connectivity index (χ1) is 22.6. The molecule has 9 nitrogen and oxygen atoms in total. The maximum Gasteiger partial charge on any atom is 0.319 e. The molecule has 8 rings (SSSR count). The van der Waals surface area contributed by atoms with E-state index in [4.69, 9.17) is 19.4 Å². The van der Waals surface area contributed by atoms with E-state index in [2.05, 4.69) is 9.80 Å². The van der Waals surface area contributed by atoms with Crippen molar-refractivity contribution in [2.75, 3.05) is 50.0 Å². The largest absolute Gasteiger partial charge is 0.508 e. The fraction of sp³-hybridized carbons (Fsp3) is 0.486. The molecule has 1 N–H and O–H groups in total. The van der Waals surface area contributed by atoms with Gasteiger partial charge in [-0.15, -0.1) is 0 Å². The minimum Gasteiger partial charge on any atom is -0.508 e. The number of sulfone groups is 1. The molecule has 0 aliphatic carbocycles. The van der Waals surface area contributed by atoms with Gasteiger partial charge in [0.2, 0.25) is 0 Å². The summed E-state index contributed by atoms with van der Waals surface area (Å²) in [5.41, 5.74) is 2.21. The Labute approximate surface area is 272 Å². The van der Waals surface area contributed by atoms with Crippen molar-refractivity contribution in [1.82, 2.24) is 14.9 Å². The number of nitrogens with zero attached hydrogens (tertiary/aromatic N) is 4. The summed E-state index contributed by atoms with van der Waals surface area (Å²) in [6, 6.07) is 12.3. The highest BCUT2D eigenvalue weighted by Gasteiger charge is 2.51. The van der Waals surface area contributed by atoms with Gasteiger partial charge in [-0.2, -0.15) is 9.97 Å². The second kappa shape index (κ2) is 11.2. The smallest absolute Gasteiger partial charge is 0.319 e. The summed E-state index contributed by atoms with van der Waals surface area (Å²) in [6.45, 7) is 4.48. The van der Waals surface area contributed by atoms with Crippen LogP contribution in [0.1, 0.15) is 44.6 Å². The summed E-state index contributed by atoms with van der Waals surface area (Å²) < 4.78 is 67.4. The Morgan fingerprint density at radius 3 is 2.68 bits per heavy atom. The maximum atomic E-state index is 15.0. The van der Waals surface area contributed by atoms with Crippen molar-refractivity contribution >= 4 is 37.3 Å². The van der Waals surface area contributed by atoms with Gasteiger partial charge in [0.1, 0.15) is 30.2 Å². The lowest BCUT2D eigenvalue weighted by Gasteiger charge is -2.38. The van der Waals surface area contributed by atoms with Crippen molar-refractivity contribution in [3.05, 3.63) is 53.8 Å². The number of piperidine rings is 1. The number of rotatable bonds is 6. The van der Waals surface area contributed by atoms with Crippen LogP contribution >= 0.6 is 0 Å². The number of hydrogen-bond donors (Lipinski definition) is 1. The second-order valence-electron chi connectivity index (χ2n) is 13.5. The van der Waals surface area contributed by atoms with E-state index in [1.807, 2.05) is 25.1 Å². The number of phenolic OH excluding ortho intramolecular Hbond substituents is 1. The van der Waals surface area contributed by atoms with Gasteiger partial charge in [-0.3, -0.25) is 4.90 Å². The first kappa shape index (κ1) is 30.7. The Bertz CT molecular complexity index is 2000. The van der Waals surface area contributed by atoms with E-state index in [-0.39, 0.29) is 42.1 Å². The molecule has 1 aromatic heterocycles. The lowest BCUT2D eigenvalue weighted by Crippen LogP contribution is -2.48. The maximum absolute atomic E-state index is 15.0. The van der Waals surface area contributed by atoms with Crippen LogP contribution in [0.3, 0.4) is 0 Å². The summed E-state index contributed by atoms with van der Waals surface area (Å²) in [5, 5.41) is 12.9. The van der Waals surface area contributed by atoms with Crippen LogP contribution in [0.5, 0.6) is 11.8 Å². The van der Waals surface area contributed by atoms with E-state index in [9.17, 15) is 22.3 Å². The van der Waals surface area contributed by atoms with Crippen LogP contribution in [-0.4, -0.2) is 90.2 Å². The molecule has 0 bridgehead atoms. The van der Waals surface area contributed by atoms with E-state index in [1.54, 1.807) is 18.2 Å². The van der Waals surface area contributed by atoms with Crippen molar-refractivity contribution in [2.45, 2.75) is 62.1 Å². The summed E-state index contributed by atoms with van der Waals surface area (Å²) >= 11 is 0. The number of aromatic hydroxyl groups is 1. The number of ether oxygens (including phenoxy) is 2. The minimum absolute atomic E-state index is 0.0378. The number of benzene rings is 3. The zero-order chi connectivity index (χ0) is 32.6. The van der Waals surface area contributed by atoms with E-state index < -0.39 is 20.9 Å². The second-order valence-corrected chi connectivity index (χ2v) is 15.8. The average molecular weight is 665 g/mol. The molecule has 248 valence electrons. The molecule has 1 spiro atoms. The summed E-state index contributed by atoms with van der Waals surface area (Å²) in [7, 11) is -3.35. The number of phenols is 1. The first-order valence-corrected chi connectivity index (χ1v) is 18.1. The van der Waals surface area contributed by atoms with Gasteiger partial charge < -0.3 is 19.5 Å². The van der Waals surface area contributed by atoms with E-state index >= 15 is 0 Å². The Kier molecular flexibility index (Phi) is 7.34. The molecule has 2 atom stereocenters. The predicted molar refractivity (Wildman–Crippen MR) is 176 cm³/mol. The number of anilines is 1. The lowest BCUT2D eigenvalue weighted by molar-refractivity contribution is 0.0285. The standard InChI is InChI=1S/C35H38F2N4O5S/c1-2-26-29(37)7-5-23-16-25(42)18-28(31(23)26)22-4-6-27-30(17-22)38-33(45-21-34-8-3-11-41(34)20-24(36)19-34)39-32(27)40-12-9-35(10-13-40)46-14-15-47(35,43)44/h4-7,16-18,24,42H,2-3,8-15,19-21H2,1H3/t24-,34+/m1/s1. The zero-order valence-corrected chi connectivity index (χ0v) is 27.2. The highest BCUT2D eigenvalue weighted by molar-refractivity contribution is 7.92. The molecule has 0 saturated carbocycles. The van der Waals surface area contributed by atoms with Crippen LogP contribution in [0.15, 0.2) is 42.5 Å². The van der Waals surface area contributed by atoms with Crippen molar-refractivity contribution in [3.63, 3.8) is 0 Å². The molecule has 0 unspecified atom stereocenters. The van der Waals surface area contributed by atoms with Crippen LogP contribution in [0.4, 0.5) is 14.6 Å². The SMILES string of the molecule is CCc1c(F)ccc2cc(O)cc(-c3ccc4c(N5CCC6(CC5)OCCS6(=O)=O)nc(OC[C@@]56CCCN5C[C@H](F)C6)nc4c3)c12. The number of aryl methyl sites for hydroxylation is 1. The Morgan fingerprint density at radius 2 is 1.91 bits per heavy atom. The first-order valence-electron chi connectivity index (χ1n) is 16.5. The molecule has 0 radical (unpaired) electrons. The van der Waals surface area contributed by atoms with Gasteiger partial charge in [-0.05, 0) is 83.6 Å². The molecule has 5 heterocycles. The van der Waals surface area contributed by atoms with Gasteiger partial charge in [-0.1, -0.05) is 19.1 Å². The monoisotopic (exact) mass is 664 g/mol. The molecule has 4 aliphatic heterocycles. The molecule has 4 aromatic rings. The van der Waals surface area contributed by atoms with Gasteiger partial charge in [0.15, 0.2) is 14.8 Å². The highest BCUT2D eigenvalue weighted by Crippen LogP contribution is 2.43. The zero-order valence-electron chi connectivity index (χ0n) is 26.3. The quantitative estimate of drug-likeness (QED) is 0.284. The van der Waals surface area contributed by atoms with E-state index in [1.165, 1.54) is 6.07 Å². The predicted octanol–water partition coefficient (Wildman–Crippen LogP) is 5.55. The van der Waals surface area contributed by atoms with Gasteiger partial charge in [0, 0.05) is 44.3 Å². The fourth-order valence-electron chi connectivity index (χ4n) is 8.41. The molecule has 4 aliphatic rings.